The van der Waals surface area contributed by atoms with E-state index in [9.17, 15) is 5.11 Å². The fraction of sp³-hybridized carbons (Fsp3) is 0.667. The molecule has 3 heteroatoms. The first-order valence-corrected chi connectivity index (χ1v) is 5.73. The van der Waals surface area contributed by atoms with Crippen molar-refractivity contribution in [2.75, 3.05) is 0 Å². The normalized spacial score (nSPS) is 28.9. The summed E-state index contributed by atoms with van der Waals surface area (Å²) in [4.78, 5) is 0. The molecule has 15 heavy (non-hydrogen) atoms. The minimum atomic E-state index is -0.0815. The minimum absolute atomic E-state index is 0.0815. The third-order valence-corrected chi connectivity index (χ3v) is 3.15. The van der Waals surface area contributed by atoms with Gasteiger partial charge >= 0.3 is 0 Å². The molecule has 3 nitrogen and oxygen atoms in total. The topological polar surface area (TPSA) is 45.4 Å². The van der Waals surface area contributed by atoms with Gasteiger partial charge in [-0.3, -0.25) is 0 Å². The quantitative estimate of drug-likeness (QED) is 0.802. The summed E-state index contributed by atoms with van der Waals surface area (Å²) in [6.07, 6.45) is 5.59. The first-order chi connectivity index (χ1) is 7.25. The Kier molecular flexibility index (Phi) is 3.44. The van der Waals surface area contributed by atoms with Gasteiger partial charge in [0.1, 0.15) is 5.76 Å². The summed E-state index contributed by atoms with van der Waals surface area (Å²) in [5.74, 6) is 0.987. The van der Waals surface area contributed by atoms with E-state index in [1.165, 1.54) is 0 Å². The Bertz CT molecular complexity index is 276. The van der Waals surface area contributed by atoms with E-state index in [1.54, 1.807) is 6.26 Å². The molecule has 1 aliphatic carbocycles. The SMILES string of the molecule is C[C@@H](NC1CCC(O)CC1)c1ccco1. The standard InChI is InChI=1S/C12H19NO2/c1-9(12-3-2-8-15-12)13-10-4-6-11(14)7-5-10/h2-3,8-11,13-14H,4-7H2,1H3/t9-,10?,11?/m1/s1. The van der Waals surface area contributed by atoms with Crippen LogP contribution in [0.15, 0.2) is 22.8 Å². The Morgan fingerprint density at radius 2 is 2.13 bits per heavy atom. The monoisotopic (exact) mass is 209 g/mol. The van der Waals surface area contributed by atoms with Crippen LogP contribution in [0.1, 0.15) is 44.4 Å². The second-order valence-electron chi connectivity index (χ2n) is 4.41. The van der Waals surface area contributed by atoms with Crippen LogP contribution in [0.4, 0.5) is 0 Å². The number of furan rings is 1. The highest BCUT2D eigenvalue weighted by molar-refractivity contribution is 5.03. The maximum atomic E-state index is 9.40. The maximum absolute atomic E-state index is 9.40. The highest BCUT2D eigenvalue weighted by Gasteiger charge is 2.21. The van der Waals surface area contributed by atoms with Crippen molar-refractivity contribution in [1.29, 1.82) is 0 Å². The molecule has 1 fully saturated rings. The third-order valence-electron chi connectivity index (χ3n) is 3.15. The van der Waals surface area contributed by atoms with E-state index in [1.807, 2.05) is 12.1 Å². The predicted molar refractivity (Wildman–Crippen MR) is 58.5 cm³/mol. The van der Waals surface area contributed by atoms with E-state index in [0.717, 1.165) is 31.4 Å². The Hall–Kier alpha value is -0.800. The zero-order valence-electron chi connectivity index (χ0n) is 9.15. The molecule has 1 heterocycles. The van der Waals surface area contributed by atoms with E-state index >= 15 is 0 Å². The van der Waals surface area contributed by atoms with Gasteiger partial charge in [0, 0.05) is 6.04 Å². The van der Waals surface area contributed by atoms with E-state index in [-0.39, 0.29) is 12.1 Å². The minimum Gasteiger partial charge on any atom is -0.468 e. The van der Waals surface area contributed by atoms with E-state index in [4.69, 9.17) is 4.42 Å². The fourth-order valence-electron chi connectivity index (χ4n) is 2.22. The zero-order chi connectivity index (χ0) is 10.7. The van der Waals surface area contributed by atoms with Crippen molar-refractivity contribution in [2.45, 2.75) is 50.8 Å². The van der Waals surface area contributed by atoms with Crippen molar-refractivity contribution in [3.8, 4) is 0 Å². The van der Waals surface area contributed by atoms with Gasteiger partial charge in [-0.15, -0.1) is 0 Å². The summed E-state index contributed by atoms with van der Waals surface area (Å²) in [5.41, 5.74) is 0. The number of nitrogens with one attached hydrogen (secondary N) is 1. The number of hydrogen-bond donors (Lipinski definition) is 2. The lowest BCUT2D eigenvalue weighted by Gasteiger charge is -2.28. The van der Waals surface area contributed by atoms with Crippen LogP contribution in [0.25, 0.3) is 0 Å². The summed E-state index contributed by atoms with van der Waals surface area (Å²) in [6, 6.07) is 4.70. The van der Waals surface area contributed by atoms with Gasteiger partial charge in [-0.2, -0.15) is 0 Å². The number of rotatable bonds is 3. The number of hydrogen-bond acceptors (Lipinski definition) is 3. The summed E-state index contributed by atoms with van der Waals surface area (Å²) in [6.45, 7) is 2.11. The molecule has 0 radical (unpaired) electrons. The number of aliphatic hydroxyl groups excluding tert-OH is 1. The van der Waals surface area contributed by atoms with Gasteiger partial charge in [0.05, 0.1) is 18.4 Å². The van der Waals surface area contributed by atoms with Gasteiger partial charge in [0.15, 0.2) is 0 Å². The van der Waals surface area contributed by atoms with Gasteiger partial charge in [0.2, 0.25) is 0 Å². The Balaban J connectivity index is 1.82. The van der Waals surface area contributed by atoms with Crippen LogP contribution >= 0.6 is 0 Å². The average molecular weight is 209 g/mol. The third kappa shape index (κ3) is 2.83. The second kappa shape index (κ2) is 4.81. The first-order valence-electron chi connectivity index (χ1n) is 5.73. The molecule has 0 spiro atoms. The van der Waals surface area contributed by atoms with E-state index < -0.39 is 0 Å². The molecule has 2 N–H and O–H groups in total. The number of aliphatic hydroxyl groups is 1. The predicted octanol–water partition coefficient (Wildman–Crippen LogP) is 2.23. The van der Waals surface area contributed by atoms with Gasteiger partial charge < -0.3 is 14.8 Å². The molecule has 1 aliphatic rings. The summed E-state index contributed by atoms with van der Waals surface area (Å²) < 4.78 is 5.35. The van der Waals surface area contributed by atoms with Crippen LogP contribution in [0.5, 0.6) is 0 Å². The summed E-state index contributed by atoms with van der Waals surface area (Å²) in [7, 11) is 0. The van der Waals surface area contributed by atoms with E-state index in [2.05, 4.69) is 12.2 Å². The molecule has 1 aromatic rings. The Morgan fingerprint density at radius 1 is 1.40 bits per heavy atom. The maximum Gasteiger partial charge on any atom is 0.120 e. The molecule has 0 saturated heterocycles. The highest BCUT2D eigenvalue weighted by Crippen LogP contribution is 2.21. The van der Waals surface area contributed by atoms with Crippen molar-refractivity contribution in [1.82, 2.24) is 5.32 Å². The Labute approximate surface area is 90.5 Å². The van der Waals surface area contributed by atoms with Gasteiger partial charge in [-0.1, -0.05) is 0 Å². The second-order valence-corrected chi connectivity index (χ2v) is 4.41. The Morgan fingerprint density at radius 3 is 2.73 bits per heavy atom. The lowest BCUT2D eigenvalue weighted by atomic mass is 9.92. The smallest absolute Gasteiger partial charge is 0.120 e. The molecule has 1 saturated carbocycles. The first kappa shape index (κ1) is 10.7. The molecule has 0 amide bonds. The molecule has 0 aliphatic heterocycles. The molecular formula is C12H19NO2. The van der Waals surface area contributed by atoms with Crippen LogP contribution in [0.2, 0.25) is 0 Å². The van der Waals surface area contributed by atoms with Crippen LogP contribution in [0, 0.1) is 0 Å². The van der Waals surface area contributed by atoms with Crippen molar-refractivity contribution < 1.29 is 9.52 Å². The van der Waals surface area contributed by atoms with Gasteiger partial charge in [-0.05, 0) is 44.7 Å². The van der Waals surface area contributed by atoms with Crippen LogP contribution in [-0.2, 0) is 0 Å². The van der Waals surface area contributed by atoms with Crippen molar-refractivity contribution in [3.05, 3.63) is 24.2 Å². The van der Waals surface area contributed by atoms with Crippen LogP contribution in [-0.4, -0.2) is 17.3 Å². The lowest BCUT2D eigenvalue weighted by Crippen LogP contribution is -2.36. The molecule has 2 rings (SSSR count). The molecule has 1 aromatic heterocycles. The van der Waals surface area contributed by atoms with Crippen molar-refractivity contribution in [2.24, 2.45) is 0 Å². The molecule has 0 aromatic carbocycles. The van der Waals surface area contributed by atoms with Crippen molar-refractivity contribution in [3.63, 3.8) is 0 Å². The molecule has 1 atom stereocenters. The zero-order valence-corrected chi connectivity index (χ0v) is 9.15. The van der Waals surface area contributed by atoms with Gasteiger partial charge in [-0.25, -0.2) is 0 Å². The molecule has 0 unspecified atom stereocenters. The van der Waals surface area contributed by atoms with Crippen molar-refractivity contribution >= 4 is 0 Å². The van der Waals surface area contributed by atoms with Gasteiger partial charge in [0.25, 0.3) is 0 Å². The fourth-order valence-corrected chi connectivity index (χ4v) is 2.22. The average Bonchev–Trinajstić information content (AvgIpc) is 2.74. The molecular weight excluding hydrogens is 190 g/mol. The molecule has 84 valence electrons. The highest BCUT2D eigenvalue weighted by atomic mass is 16.3. The van der Waals surface area contributed by atoms with Crippen LogP contribution < -0.4 is 5.32 Å². The summed E-state index contributed by atoms with van der Waals surface area (Å²) >= 11 is 0. The van der Waals surface area contributed by atoms with Crippen LogP contribution in [0.3, 0.4) is 0 Å². The van der Waals surface area contributed by atoms with E-state index in [0.29, 0.717) is 6.04 Å². The summed E-state index contributed by atoms with van der Waals surface area (Å²) in [5, 5.41) is 12.9. The largest absolute Gasteiger partial charge is 0.468 e. The lowest BCUT2D eigenvalue weighted by molar-refractivity contribution is 0.114. The molecule has 0 bridgehead atoms.